The van der Waals surface area contributed by atoms with Crippen LogP contribution in [-0.2, 0) is 4.79 Å². The molecule has 2 heteroatoms. The van der Waals surface area contributed by atoms with Crippen LogP contribution in [0.3, 0.4) is 0 Å². The summed E-state index contributed by atoms with van der Waals surface area (Å²) in [5.74, 6) is 0.0131. The van der Waals surface area contributed by atoms with Gasteiger partial charge in [-0.1, -0.05) is 6.08 Å². The van der Waals surface area contributed by atoms with Crippen molar-refractivity contribution in [3.05, 3.63) is 12.7 Å². The minimum Gasteiger partial charge on any atom is -0.297 e. The van der Waals surface area contributed by atoms with Crippen molar-refractivity contribution >= 4 is 17.4 Å². The Bertz CT molecular complexity index is 121. The first-order valence-electron chi connectivity index (χ1n) is 2.81. The highest BCUT2D eigenvalue weighted by Gasteiger charge is 2.21. The standard InChI is InChI=1S/C7H11ClO/c1-4-5-6(9)7(2,3)8/h4H,1,5H2,2-3H3. The summed E-state index contributed by atoms with van der Waals surface area (Å²) in [6, 6.07) is 0. The molecule has 0 aromatic rings. The number of allylic oxidation sites excluding steroid dienone is 1. The van der Waals surface area contributed by atoms with Gasteiger partial charge in [0.25, 0.3) is 0 Å². The van der Waals surface area contributed by atoms with E-state index in [2.05, 4.69) is 6.58 Å². The van der Waals surface area contributed by atoms with Crippen molar-refractivity contribution in [1.29, 1.82) is 0 Å². The first-order valence-corrected chi connectivity index (χ1v) is 3.19. The summed E-state index contributed by atoms with van der Waals surface area (Å²) < 4.78 is 0. The van der Waals surface area contributed by atoms with Gasteiger partial charge in [-0.3, -0.25) is 4.79 Å². The molecule has 52 valence electrons. The van der Waals surface area contributed by atoms with Gasteiger partial charge in [0.2, 0.25) is 0 Å². The lowest BCUT2D eigenvalue weighted by Crippen LogP contribution is -2.23. The van der Waals surface area contributed by atoms with Crippen LogP contribution in [0.4, 0.5) is 0 Å². The lowest BCUT2D eigenvalue weighted by Gasteiger charge is -2.11. The van der Waals surface area contributed by atoms with E-state index in [9.17, 15) is 4.79 Å². The van der Waals surface area contributed by atoms with Crippen LogP contribution in [0.5, 0.6) is 0 Å². The first kappa shape index (κ1) is 8.70. The fraction of sp³-hybridized carbons (Fsp3) is 0.571. The van der Waals surface area contributed by atoms with Gasteiger partial charge in [-0.05, 0) is 13.8 Å². The number of hydrogen-bond donors (Lipinski definition) is 0. The van der Waals surface area contributed by atoms with Gasteiger partial charge in [-0.25, -0.2) is 0 Å². The maximum atomic E-state index is 10.9. The van der Waals surface area contributed by atoms with E-state index in [0.29, 0.717) is 6.42 Å². The Kier molecular flexibility index (Phi) is 2.92. The minimum atomic E-state index is -0.728. The van der Waals surface area contributed by atoms with Crippen LogP contribution in [0, 0.1) is 0 Å². The van der Waals surface area contributed by atoms with Crippen molar-refractivity contribution in [1.82, 2.24) is 0 Å². The maximum absolute atomic E-state index is 10.9. The van der Waals surface area contributed by atoms with Crippen LogP contribution in [0.15, 0.2) is 12.7 Å². The molecule has 0 saturated carbocycles. The Morgan fingerprint density at radius 2 is 2.22 bits per heavy atom. The van der Waals surface area contributed by atoms with Gasteiger partial charge in [0.1, 0.15) is 0 Å². The molecule has 0 aliphatic heterocycles. The summed E-state index contributed by atoms with van der Waals surface area (Å²) in [6.45, 7) is 6.80. The molecule has 1 nitrogen and oxygen atoms in total. The number of rotatable bonds is 3. The average molecular weight is 147 g/mol. The van der Waals surface area contributed by atoms with Crippen LogP contribution >= 0.6 is 11.6 Å². The number of Topliss-reactive ketones (excluding diaryl/α,β-unsaturated/α-hetero) is 1. The molecule has 0 fully saturated rings. The zero-order valence-corrected chi connectivity index (χ0v) is 6.53. The van der Waals surface area contributed by atoms with Crippen molar-refractivity contribution in [3.8, 4) is 0 Å². The Morgan fingerprint density at radius 3 is 2.33 bits per heavy atom. The van der Waals surface area contributed by atoms with Crippen molar-refractivity contribution in [2.45, 2.75) is 25.1 Å². The van der Waals surface area contributed by atoms with E-state index in [0.717, 1.165) is 0 Å². The van der Waals surface area contributed by atoms with Gasteiger partial charge in [0, 0.05) is 6.42 Å². The first-order chi connectivity index (χ1) is 3.98. The van der Waals surface area contributed by atoms with E-state index in [-0.39, 0.29) is 5.78 Å². The molecule has 0 aromatic carbocycles. The Balaban J connectivity index is 3.88. The summed E-state index contributed by atoms with van der Waals surface area (Å²) in [5, 5.41) is 0. The lowest BCUT2D eigenvalue weighted by molar-refractivity contribution is -0.120. The van der Waals surface area contributed by atoms with E-state index < -0.39 is 4.87 Å². The van der Waals surface area contributed by atoms with Gasteiger partial charge in [-0.2, -0.15) is 0 Å². The molecule has 9 heavy (non-hydrogen) atoms. The molecule has 0 N–H and O–H groups in total. The molecule has 0 spiro atoms. The second kappa shape index (κ2) is 3.02. The van der Waals surface area contributed by atoms with Gasteiger partial charge >= 0.3 is 0 Å². The molecule has 0 aliphatic rings. The monoisotopic (exact) mass is 146 g/mol. The third kappa shape index (κ3) is 3.31. The zero-order chi connectivity index (χ0) is 7.49. The van der Waals surface area contributed by atoms with E-state index >= 15 is 0 Å². The third-order valence-corrected chi connectivity index (χ3v) is 1.20. The lowest BCUT2D eigenvalue weighted by atomic mass is 10.1. The average Bonchev–Trinajstić information content (AvgIpc) is 1.64. The molecule has 0 radical (unpaired) electrons. The third-order valence-electron chi connectivity index (χ3n) is 0.993. The highest BCUT2D eigenvalue weighted by Crippen LogP contribution is 2.15. The van der Waals surface area contributed by atoms with Crippen LogP contribution in [0.2, 0.25) is 0 Å². The topological polar surface area (TPSA) is 17.1 Å². The number of hydrogen-bond acceptors (Lipinski definition) is 1. The van der Waals surface area contributed by atoms with Crippen molar-refractivity contribution in [3.63, 3.8) is 0 Å². The molecule has 0 heterocycles. The molecule has 0 unspecified atom stereocenters. The second-order valence-electron chi connectivity index (χ2n) is 2.39. The molecule has 0 rings (SSSR count). The molecule has 0 aromatic heterocycles. The van der Waals surface area contributed by atoms with Crippen LogP contribution in [0.25, 0.3) is 0 Å². The number of halogens is 1. The predicted molar refractivity (Wildman–Crippen MR) is 39.8 cm³/mol. The predicted octanol–water partition coefficient (Wildman–Crippen LogP) is 2.15. The minimum absolute atomic E-state index is 0.0131. The summed E-state index contributed by atoms with van der Waals surface area (Å²) in [5.41, 5.74) is 0. The highest BCUT2D eigenvalue weighted by molar-refractivity contribution is 6.34. The second-order valence-corrected chi connectivity index (χ2v) is 3.33. The largest absolute Gasteiger partial charge is 0.297 e. The van der Waals surface area contributed by atoms with E-state index in [4.69, 9.17) is 11.6 Å². The SMILES string of the molecule is C=CCC(=O)C(C)(C)Cl. The molecule has 0 amide bonds. The zero-order valence-electron chi connectivity index (χ0n) is 5.78. The summed E-state index contributed by atoms with van der Waals surface area (Å²) in [6.07, 6.45) is 1.92. The van der Waals surface area contributed by atoms with Crippen molar-refractivity contribution < 1.29 is 4.79 Å². The Hall–Kier alpha value is -0.300. The van der Waals surface area contributed by atoms with Gasteiger partial charge in [0.05, 0.1) is 4.87 Å². The quantitative estimate of drug-likeness (QED) is 0.441. The van der Waals surface area contributed by atoms with Gasteiger partial charge in [0.15, 0.2) is 5.78 Å². The number of carbonyl (C=O) groups is 1. The fourth-order valence-corrected chi connectivity index (χ4v) is 0.451. The molecule has 0 aliphatic carbocycles. The summed E-state index contributed by atoms with van der Waals surface area (Å²) in [4.78, 5) is 10.1. The number of ketones is 1. The molecule has 0 atom stereocenters. The normalized spacial score (nSPS) is 11.0. The van der Waals surface area contributed by atoms with E-state index in [1.54, 1.807) is 19.9 Å². The van der Waals surface area contributed by atoms with E-state index in [1.807, 2.05) is 0 Å². The fourth-order valence-electron chi connectivity index (χ4n) is 0.374. The molecule has 0 saturated heterocycles. The number of carbonyl (C=O) groups excluding carboxylic acids is 1. The van der Waals surface area contributed by atoms with Crippen molar-refractivity contribution in [2.75, 3.05) is 0 Å². The van der Waals surface area contributed by atoms with Gasteiger partial charge < -0.3 is 0 Å². The highest BCUT2D eigenvalue weighted by atomic mass is 35.5. The number of alkyl halides is 1. The molecular formula is C7H11ClO. The Labute approximate surface area is 60.7 Å². The Morgan fingerprint density at radius 1 is 1.78 bits per heavy atom. The van der Waals surface area contributed by atoms with Crippen molar-refractivity contribution in [2.24, 2.45) is 0 Å². The summed E-state index contributed by atoms with van der Waals surface area (Å²) >= 11 is 5.67. The smallest absolute Gasteiger partial charge is 0.156 e. The van der Waals surface area contributed by atoms with Crippen LogP contribution < -0.4 is 0 Å². The maximum Gasteiger partial charge on any atom is 0.156 e. The molecular weight excluding hydrogens is 136 g/mol. The molecule has 0 bridgehead atoms. The summed E-state index contributed by atoms with van der Waals surface area (Å²) in [7, 11) is 0. The van der Waals surface area contributed by atoms with Gasteiger partial charge in [-0.15, -0.1) is 18.2 Å². The van der Waals surface area contributed by atoms with Crippen LogP contribution in [-0.4, -0.2) is 10.7 Å². The van der Waals surface area contributed by atoms with E-state index in [1.165, 1.54) is 0 Å². The van der Waals surface area contributed by atoms with Crippen LogP contribution in [0.1, 0.15) is 20.3 Å².